The number of benzene rings is 2. The molecule has 0 aliphatic heterocycles. The van der Waals surface area contributed by atoms with Crippen LogP contribution in [0.25, 0.3) is 0 Å². The topological polar surface area (TPSA) is 33.0 Å². The molecule has 0 aliphatic rings. The van der Waals surface area contributed by atoms with Gasteiger partial charge in [-0.15, -0.1) is 0 Å². The molecule has 0 unspecified atom stereocenters. The van der Waals surface area contributed by atoms with Gasteiger partial charge in [0, 0.05) is 0 Å². The molecule has 0 atom stereocenters. The van der Waals surface area contributed by atoms with E-state index in [0.29, 0.717) is 11.3 Å². The number of aryl methyl sites for hydroxylation is 1. The number of halogens is 1. The molecule has 17 heavy (non-hydrogen) atoms. The van der Waals surface area contributed by atoms with Gasteiger partial charge in [0.25, 0.3) is 0 Å². The van der Waals surface area contributed by atoms with Gasteiger partial charge in [-0.1, -0.05) is 18.2 Å². The fraction of sp³-hybridized carbons (Fsp3) is 0.0714. The first-order valence-corrected chi connectivity index (χ1v) is 5.14. The maximum atomic E-state index is 13.5. The van der Waals surface area contributed by atoms with Gasteiger partial charge < -0.3 is 4.74 Å². The van der Waals surface area contributed by atoms with Crippen molar-refractivity contribution in [2.75, 3.05) is 0 Å². The molecule has 0 aromatic heterocycles. The minimum absolute atomic E-state index is 0.132. The van der Waals surface area contributed by atoms with Crippen LogP contribution in [0.4, 0.5) is 4.39 Å². The van der Waals surface area contributed by atoms with Gasteiger partial charge in [0.1, 0.15) is 11.8 Å². The summed E-state index contributed by atoms with van der Waals surface area (Å²) in [4.78, 5) is 0. The highest BCUT2D eigenvalue weighted by atomic mass is 19.1. The van der Waals surface area contributed by atoms with E-state index in [-0.39, 0.29) is 5.75 Å². The zero-order valence-corrected chi connectivity index (χ0v) is 9.27. The summed E-state index contributed by atoms with van der Waals surface area (Å²) in [7, 11) is 0. The standard InChI is InChI=1S/C14H10FNO/c1-10-6-7-12(15)14(8-10)17-13-5-3-2-4-11(13)9-16/h2-8H,1H3. The fourth-order valence-corrected chi connectivity index (χ4v) is 1.46. The summed E-state index contributed by atoms with van der Waals surface area (Å²) >= 11 is 0. The first-order chi connectivity index (χ1) is 8.20. The van der Waals surface area contributed by atoms with Gasteiger partial charge in [-0.3, -0.25) is 0 Å². The molecule has 84 valence electrons. The van der Waals surface area contributed by atoms with E-state index in [9.17, 15) is 4.39 Å². The molecule has 0 N–H and O–H groups in total. The molecular formula is C14H10FNO. The molecule has 0 fully saturated rings. The summed E-state index contributed by atoms with van der Waals surface area (Å²) in [5.74, 6) is 0.0514. The van der Waals surface area contributed by atoms with Crippen LogP contribution >= 0.6 is 0 Å². The Balaban J connectivity index is 2.38. The van der Waals surface area contributed by atoms with E-state index < -0.39 is 5.82 Å². The Morgan fingerprint density at radius 3 is 2.65 bits per heavy atom. The molecular weight excluding hydrogens is 217 g/mol. The van der Waals surface area contributed by atoms with E-state index in [1.807, 2.05) is 13.0 Å². The van der Waals surface area contributed by atoms with Crippen LogP contribution in [-0.4, -0.2) is 0 Å². The highest BCUT2D eigenvalue weighted by Crippen LogP contribution is 2.27. The van der Waals surface area contributed by atoms with Gasteiger partial charge in [-0.25, -0.2) is 4.39 Å². The van der Waals surface area contributed by atoms with Crippen molar-refractivity contribution < 1.29 is 9.13 Å². The second-order valence-electron chi connectivity index (χ2n) is 3.64. The average Bonchev–Trinajstić information content (AvgIpc) is 2.34. The molecule has 2 aromatic rings. The highest BCUT2D eigenvalue weighted by molar-refractivity contribution is 5.45. The van der Waals surface area contributed by atoms with Gasteiger partial charge in [0.2, 0.25) is 0 Å². The van der Waals surface area contributed by atoms with Crippen LogP contribution in [0.5, 0.6) is 11.5 Å². The second-order valence-corrected chi connectivity index (χ2v) is 3.64. The molecule has 0 saturated heterocycles. The summed E-state index contributed by atoms with van der Waals surface area (Å²) in [5, 5.41) is 8.90. The first-order valence-electron chi connectivity index (χ1n) is 5.14. The summed E-state index contributed by atoms with van der Waals surface area (Å²) in [6.45, 7) is 1.85. The molecule has 2 nitrogen and oxygen atoms in total. The number of nitriles is 1. The monoisotopic (exact) mass is 227 g/mol. The van der Waals surface area contributed by atoms with Crippen molar-refractivity contribution in [2.45, 2.75) is 6.92 Å². The lowest BCUT2D eigenvalue weighted by molar-refractivity contribution is 0.440. The minimum Gasteiger partial charge on any atom is -0.453 e. The molecule has 0 heterocycles. The van der Waals surface area contributed by atoms with Gasteiger partial charge >= 0.3 is 0 Å². The maximum Gasteiger partial charge on any atom is 0.165 e. The van der Waals surface area contributed by atoms with Crippen LogP contribution in [-0.2, 0) is 0 Å². The number of ether oxygens (including phenoxy) is 1. The van der Waals surface area contributed by atoms with Crippen molar-refractivity contribution in [3.05, 3.63) is 59.4 Å². The molecule has 2 rings (SSSR count). The molecule has 0 saturated carbocycles. The molecule has 0 radical (unpaired) electrons. The van der Waals surface area contributed by atoms with E-state index in [2.05, 4.69) is 0 Å². The Bertz CT molecular complexity index is 587. The van der Waals surface area contributed by atoms with Crippen molar-refractivity contribution in [3.8, 4) is 17.6 Å². The predicted molar refractivity (Wildman–Crippen MR) is 62.4 cm³/mol. The summed E-state index contributed by atoms with van der Waals surface area (Å²) < 4.78 is 18.9. The molecule has 3 heteroatoms. The third kappa shape index (κ3) is 2.43. The molecule has 0 bridgehead atoms. The lowest BCUT2D eigenvalue weighted by atomic mass is 10.2. The Morgan fingerprint density at radius 1 is 1.12 bits per heavy atom. The van der Waals surface area contributed by atoms with Crippen LogP contribution in [0.1, 0.15) is 11.1 Å². The van der Waals surface area contributed by atoms with Crippen LogP contribution in [0.15, 0.2) is 42.5 Å². The highest BCUT2D eigenvalue weighted by Gasteiger charge is 2.07. The smallest absolute Gasteiger partial charge is 0.165 e. The Labute approximate surface area is 98.9 Å². The zero-order valence-electron chi connectivity index (χ0n) is 9.27. The van der Waals surface area contributed by atoms with Crippen molar-refractivity contribution >= 4 is 0 Å². The van der Waals surface area contributed by atoms with E-state index in [1.54, 1.807) is 36.4 Å². The average molecular weight is 227 g/mol. The van der Waals surface area contributed by atoms with Crippen molar-refractivity contribution in [1.29, 1.82) is 5.26 Å². The number of hydrogen-bond donors (Lipinski definition) is 0. The number of hydrogen-bond acceptors (Lipinski definition) is 2. The zero-order chi connectivity index (χ0) is 12.3. The largest absolute Gasteiger partial charge is 0.453 e. The van der Waals surface area contributed by atoms with Crippen molar-refractivity contribution in [2.24, 2.45) is 0 Å². The van der Waals surface area contributed by atoms with Crippen LogP contribution in [0.3, 0.4) is 0 Å². The van der Waals surface area contributed by atoms with E-state index in [4.69, 9.17) is 10.00 Å². The van der Waals surface area contributed by atoms with Crippen molar-refractivity contribution in [1.82, 2.24) is 0 Å². The first kappa shape index (κ1) is 11.2. The Kier molecular flexibility index (Phi) is 3.06. The second kappa shape index (κ2) is 4.67. The lowest BCUT2D eigenvalue weighted by Gasteiger charge is -2.08. The van der Waals surface area contributed by atoms with E-state index >= 15 is 0 Å². The Morgan fingerprint density at radius 2 is 1.88 bits per heavy atom. The third-order valence-corrected chi connectivity index (χ3v) is 2.31. The summed E-state index contributed by atoms with van der Waals surface area (Å²) in [5.41, 5.74) is 1.28. The number of nitrogens with zero attached hydrogens (tertiary/aromatic N) is 1. The predicted octanol–water partition coefficient (Wildman–Crippen LogP) is 3.80. The van der Waals surface area contributed by atoms with E-state index in [1.165, 1.54) is 6.07 Å². The molecule has 0 spiro atoms. The molecule has 2 aromatic carbocycles. The van der Waals surface area contributed by atoms with Gasteiger partial charge in [0.05, 0.1) is 5.56 Å². The summed E-state index contributed by atoms with van der Waals surface area (Å²) in [6.07, 6.45) is 0. The van der Waals surface area contributed by atoms with Crippen LogP contribution in [0, 0.1) is 24.1 Å². The van der Waals surface area contributed by atoms with Crippen LogP contribution in [0.2, 0.25) is 0 Å². The van der Waals surface area contributed by atoms with Gasteiger partial charge in [0.15, 0.2) is 11.6 Å². The molecule has 0 amide bonds. The van der Waals surface area contributed by atoms with E-state index in [0.717, 1.165) is 5.56 Å². The van der Waals surface area contributed by atoms with Crippen molar-refractivity contribution in [3.63, 3.8) is 0 Å². The number of rotatable bonds is 2. The Hall–Kier alpha value is -2.34. The SMILES string of the molecule is Cc1ccc(F)c(Oc2ccccc2C#N)c1. The normalized spacial score (nSPS) is 9.71. The minimum atomic E-state index is -0.441. The number of para-hydroxylation sites is 1. The molecule has 0 aliphatic carbocycles. The third-order valence-electron chi connectivity index (χ3n) is 2.31. The maximum absolute atomic E-state index is 13.5. The van der Waals surface area contributed by atoms with Crippen LogP contribution < -0.4 is 4.74 Å². The van der Waals surface area contributed by atoms with Gasteiger partial charge in [-0.05, 0) is 36.8 Å². The fourth-order valence-electron chi connectivity index (χ4n) is 1.46. The lowest BCUT2D eigenvalue weighted by Crippen LogP contribution is -1.91. The van der Waals surface area contributed by atoms with Gasteiger partial charge in [-0.2, -0.15) is 5.26 Å². The summed E-state index contributed by atoms with van der Waals surface area (Å²) in [6, 6.07) is 13.4. The quantitative estimate of drug-likeness (QED) is 0.781.